The molecule has 0 aromatic rings. The molecule has 2 unspecified atom stereocenters. The molecule has 0 saturated heterocycles. The van der Waals surface area contributed by atoms with Crippen molar-refractivity contribution >= 4 is 15.7 Å². The summed E-state index contributed by atoms with van der Waals surface area (Å²) in [6.45, 7) is 1.96. The SMILES string of the molecule is CC(CC1CC1)NC(=O)C(N)CCS(C)(=O)=O. The normalized spacial score (nSPS) is 19.7. The van der Waals surface area contributed by atoms with Crippen LogP contribution in [0.15, 0.2) is 0 Å². The van der Waals surface area contributed by atoms with Gasteiger partial charge >= 0.3 is 0 Å². The monoisotopic (exact) mass is 262 g/mol. The van der Waals surface area contributed by atoms with Crippen molar-refractivity contribution in [2.75, 3.05) is 12.0 Å². The lowest BCUT2D eigenvalue weighted by Crippen LogP contribution is -2.45. The van der Waals surface area contributed by atoms with Gasteiger partial charge in [-0.2, -0.15) is 0 Å². The average Bonchev–Trinajstić information content (AvgIpc) is 2.96. The summed E-state index contributed by atoms with van der Waals surface area (Å²) >= 11 is 0. The fraction of sp³-hybridized carbons (Fsp3) is 0.909. The molecule has 0 aromatic heterocycles. The van der Waals surface area contributed by atoms with Gasteiger partial charge in [0.05, 0.1) is 11.8 Å². The molecular weight excluding hydrogens is 240 g/mol. The molecule has 6 heteroatoms. The van der Waals surface area contributed by atoms with Gasteiger partial charge in [0.1, 0.15) is 9.84 Å². The summed E-state index contributed by atoms with van der Waals surface area (Å²) < 4.78 is 21.9. The van der Waals surface area contributed by atoms with Crippen LogP contribution in [0.25, 0.3) is 0 Å². The van der Waals surface area contributed by atoms with E-state index < -0.39 is 15.9 Å². The second kappa shape index (κ2) is 5.82. The summed E-state index contributed by atoms with van der Waals surface area (Å²) in [7, 11) is -3.05. The third-order valence-corrected chi connectivity index (χ3v) is 3.89. The number of nitrogens with two attached hydrogens (primary N) is 1. The highest BCUT2D eigenvalue weighted by molar-refractivity contribution is 7.90. The van der Waals surface area contributed by atoms with Crippen LogP contribution in [-0.2, 0) is 14.6 Å². The molecule has 5 nitrogen and oxygen atoms in total. The molecule has 1 saturated carbocycles. The van der Waals surface area contributed by atoms with Gasteiger partial charge in [-0.15, -0.1) is 0 Å². The van der Waals surface area contributed by atoms with Crippen molar-refractivity contribution in [3.05, 3.63) is 0 Å². The minimum absolute atomic E-state index is 0.0431. The van der Waals surface area contributed by atoms with Crippen molar-refractivity contribution in [2.45, 2.75) is 44.7 Å². The van der Waals surface area contributed by atoms with Gasteiger partial charge in [0.25, 0.3) is 0 Å². The van der Waals surface area contributed by atoms with E-state index in [-0.39, 0.29) is 24.1 Å². The fourth-order valence-electron chi connectivity index (χ4n) is 1.73. The highest BCUT2D eigenvalue weighted by atomic mass is 32.2. The van der Waals surface area contributed by atoms with Crippen molar-refractivity contribution < 1.29 is 13.2 Å². The van der Waals surface area contributed by atoms with Crippen LogP contribution in [0.4, 0.5) is 0 Å². The number of carbonyl (C=O) groups is 1. The maximum absolute atomic E-state index is 11.6. The first-order valence-corrected chi connectivity index (χ1v) is 8.07. The van der Waals surface area contributed by atoms with E-state index >= 15 is 0 Å². The van der Waals surface area contributed by atoms with Gasteiger partial charge in [-0.25, -0.2) is 8.42 Å². The van der Waals surface area contributed by atoms with Crippen molar-refractivity contribution in [3.8, 4) is 0 Å². The van der Waals surface area contributed by atoms with E-state index in [9.17, 15) is 13.2 Å². The Bertz CT molecular complexity index is 363. The quantitative estimate of drug-likeness (QED) is 0.678. The van der Waals surface area contributed by atoms with E-state index in [4.69, 9.17) is 5.73 Å². The lowest BCUT2D eigenvalue weighted by atomic mass is 10.1. The molecular formula is C11H22N2O3S. The molecule has 17 heavy (non-hydrogen) atoms. The Balaban J connectivity index is 2.25. The van der Waals surface area contributed by atoms with E-state index in [1.54, 1.807) is 0 Å². The second-order valence-electron chi connectivity index (χ2n) is 5.11. The first-order chi connectivity index (χ1) is 7.78. The number of carbonyl (C=O) groups excluding carboxylic acids is 1. The van der Waals surface area contributed by atoms with Crippen molar-refractivity contribution in [2.24, 2.45) is 11.7 Å². The third-order valence-electron chi connectivity index (χ3n) is 2.91. The molecule has 1 amide bonds. The van der Waals surface area contributed by atoms with Gasteiger partial charge in [0.2, 0.25) is 5.91 Å². The second-order valence-corrected chi connectivity index (χ2v) is 7.37. The van der Waals surface area contributed by atoms with E-state index in [1.807, 2.05) is 6.92 Å². The Morgan fingerprint density at radius 1 is 1.47 bits per heavy atom. The molecule has 1 fully saturated rings. The lowest BCUT2D eigenvalue weighted by Gasteiger charge is -2.17. The van der Waals surface area contributed by atoms with E-state index in [0.717, 1.165) is 18.6 Å². The summed E-state index contributed by atoms with van der Waals surface area (Å²) in [6.07, 6.45) is 4.82. The third kappa shape index (κ3) is 6.63. The Labute approximate surface area is 103 Å². The van der Waals surface area contributed by atoms with Crippen LogP contribution < -0.4 is 11.1 Å². The summed E-state index contributed by atoms with van der Waals surface area (Å²) in [5.74, 6) is 0.456. The topological polar surface area (TPSA) is 89.3 Å². The molecule has 0 aliphatic heterocycles. The van der Waals surface area contributed by atoms with Crippen molar-refractivity contribution in [3.63, 3.8) is 0 Å². The smallest absolute Gasteiger partial charge is 0.237 e. The largest absolute Gasteiger partial charge is 0.352 e. The van der Waals surface area contributed by atoms with Crippen LogP contribution in [0.3, 0.4) is 0 Å². The molecule has 100 valence electrons. The molecule has 1 rings (SSSR count). The molecule has 0 heterocycles. The van der Waals surface area contributed by atoms with Crippen LogP contribution in [0.2, 0.25) is 0 Å². The van der Waals surface area contributed by atoms with Crippen LogP contribution in [-0.4, -0.2) is 38.4 Å². The number of hydrogen-bond acceptors (Lipinski definition) is 4. The predicted molar refractivity (Wildman–Crippen MR) is 67.2 cm³/mol. The zero-order chi connectivity index (χ0) is 13.1. The summed E-state index contributed by atoms with van der Waals surface area (Å²) in [6, 6.07) is -0.606. The number of nitrogens with one attached hydrogen (secondary N) is 1. The molecule has 0 radical (unpaired) electrons. The Morgan fingerprint density at radius 2 is 2.06 bits per heavy atom. The highest BCUT2D eigenvalue weighted by Gasteiger charge is 2.25. The first-order valence-electron chi connectivity index (χ1n) is 6.01. The van der Waals surface area contributed by atoms with Gasteiger partial charge in [0, 0.05) is 12.3 Å². The van der Waals surface area contributed by atoms with Crippen molar-refractivity contribution in [1.29, 1.82) is 0 Å². The van der Waals surface area contributed by atoms with Gasteiger partial charge in [0.15, 0.2) is 0 Å². The molecule has 0 bridgehead atoms. The Kier molecular flexibility index (Phi) is 4.94. The zero-order valence-electron chi connectivity index (χ0n) is 10.5. The molecule has 1 aliphatic rings. The number of rotatable bonds is 7. The molecule has 0 spiro atoms. The Morgan fingerprint density at radius 3 is 2.53 bits per heavy atom. The van der Waals surface area contributed by atoms with Gasteiger partial charge in [-0.05, 0) is 25.7 Å². The predicted octanol–water partition coefficient (Wildman–Crippen LogP) is 0.0532. The van der Waals surface area contributed by atoms with Crippen LogP contribution in [0, 0.1) is 5.92 Å². The summed E-state index contributed by atoms with van der Waals surface area (Å²) in [5, 5.41) is 2.83. The van der Waals surface area contributed by atoms with E-state index in [2.05, 4.69) is 5.32 Å². The van der Waals surface area contributed by atoms with E-state index in [1.165, 1.54) is 12.8 Å². The highest BCUT2D eigenvalue weighted by Crippen LogP contribution is 2.33. The van der Waals surface area contributed by atoms with Gasteiger partial charge in [-0.1, -0.05) is 12.8 Å². The Hall–Kier alpha value is -0.620. The van der Waals surface area contributed by atoms with E-state index in [0.29, 0.717) is 0 Å². The van der Waals surface area contributed by atoms with Crippen molar-refractivity contribution in [1.82, 2.24) is 5.32 Å². The minimum atomic E-state index is -3.05. The van der Waals surface area contributed by atoms with Crippen LogP contribution in [0.5, 0.6) is 0 Å². The van der Waals surface area contributed by atoms with Crippen LogP contribution >= 0.6 is 0 Å². The first kappa shape index (κ1) is 14.4. The van der Waals surface area contributed by atoms with Crippen LogP contribution in [0.1, 0.15) is 32.6 Å². The zero-order valence-corrected chi connectivity index (χ0v) is 11.3. The average molecular weight is 262 g/mol. The maximum atomic E-state index is 11.6. The number of sulfone groups is 1. The number of amides is 1. The maximum Gasteiger partial charge on any atom is 0.237 e. The van der Waals surface area contributed by atoms with Gasteiger partial charge in [-0.3, -0.25) is 4.79 Å². The molecule has 3 N–H and O–H groups in total. The minimum Gasteiger partial charge on any atom is -0.352 e. The molecule has 1 aliphatic carbocycles. The standard InChI is InChI=1S/C11H22N2O3S/c1-8(7-9-3-4-9)13-11(14)10(12)5-6-17(2,15)16/h8-10H,3-7,12H2,1-2H3,(H,13,14). The summed E-state index contributed by atoms with van der Waals surface area (Å²) in [5.41, 5.74) is 5.64. The molecule has 2 atom stereocenters. The molecule has 0 aromatic carbocycles. The number of hydrogen-bond donors (Lipinski definition) is 2. The summed E-state index contributed by atoms with van der Waals surface area (Å²) in [4.78, 5) is 11.6. The lowest BCUT2D eigenvalue weighted by molar-refractivity contribution is -0.123. The van der Waals surface area contributed by atoms with Gasteiger partial charge < -0.3 is 11.1 Å². The fourth-order valence-corrected chi connectivity index (χ4v) is 2.42.